The molecule has 5 heteroatoms. The molecule has 0 saturated carbocycles. The van der Waals surface area contributed by atoms with E-state index in [-0.39, 0.29) is 57.7 Å². The number of rotatable bonds is 7. The summed E-state index contributed by atoms with van der Waals surface area (Å²) in [7, 11) is -0.696. The van der Waals surface area contributed by atoms with Gasteiger partial charge < -0.3 is 24.8 Å². The zero-order valence-electron chi connectivity index (χ0n) is 17.0. The van der Waals surface area contributed by atoms with Gasteiger partial charge in [-0.1, -0.05) is 121 Å². The second kappa shape index (κ2) is 14.8. The number of hydrogen-bond acceptors (Lipinski definition) is 0. The van der Waals surface area contributed by atoms with E-state index < -0.39 is 0 Å². The molecule has 0 aliphatic carbocycles. The molecular weight excluding hydrogens is 501 g/mol. The topological polar surface area (TPSA) is 0 Å². The Hall–Kier alpha value is -1.16. The molecule has 0 bridgehead atoms. The third kappa shape index (κ3) is 7.73. The van der Waals surface area contributed by atoms with Crippen molar-refractivity contribution in [2.45, 2.75) is 0 Å². The van der Waals surface area contributed by atoms with Crippen LogP contribution in [0.1, 0.15) is 0 Å². The van der Waals surface area contributed by atoms with Crippen LogP contribution in [-0.2, 0) is 17.1 Å². The SMILES string of the molecule is [Cl-].[Cl-].[Fe+2].c1ccc(P(CCP(c2ccccc2)c2ccccc2)c2ccccc2)cc1. The molecule has 0 aliphatic rings. The summed E-state index contributed by atoms with van der Waals surface area (Å²) in [6, 6.07) is 44.2. The Labute approximate surface area is 211 Å². The molecule has 4 aromatic rings. The van der Waals surface area contributed by atoms with Crippen molar-refractivity contribution in [3.8, 4) is 0 Å². The predicted molar refractivity (Wildman–Crippen MR) is 128 cm³/mol. The second-order valence-corrected chi connectivity index (χ2v) is 11.3. The number of benzene rings is 4. The quantitative estimate of drug-likeness (QED) is 0.221. The van der Waals surface area contributed by atoms with Crippen molar-refractivity contribution < 1.29 is 41.9 Å². The number of hydrogen-bond donors (Lipinski definition) is 0. The minimum absolute atomic E-state index is 0. The first kappa shape index (κ1) is 27.9. The maximum absolute atomic E-state index is 2.30. The molecular formula is C26H24Cl2FeP2. The van der Waals surface area contributed by atoms with Crippen LogP contribution in [-0.4, -0.2) is 12.3 Å². The van der Waals surface area contributed by atoms with Gasteiger partial charge in [-0.3, -0.25) is 0 Å². The Balaban J connectivity index is 0.00000160. The molecule has 4 aromatic carbocycles. The van der Waals surface area contributed by atoms with Crippen LogP contribution in [0.5, 0.6) is 0 Å². The van der Waals surface area contributed by atoms with E-state index in [0.717, 1.165) is 0 Å². The normalized spacial score (nSPS) is 10.0. The molecule has 0 spiro atoms. The summed E-state index contributed by atoms with van der Waals surface area (Å²) in [5.41, 5.74) is 0. The van der Waals surface area contributed by atoms with Crippen LogP contribution in [0.3, 0.4) is 0 Å². The molecule has 0 aliphatic heterocycles. The van der Waals surface area contributed by atoms with Crippen LogP contribution in [0, 0.1) is 0 Å². The van der Waals surface area contributed by atoms with Crippen molar-refractivity contribution in [3.63, 3.8) is 0 Å². The van der Waals surface area contributed by atoms with E-state index >= 15 is 0 Å². The van der Waals surface area contributed by atoms with Gasteiger partial charge in [-0.25, -0.2) is 0 Å². The van der Waals surface area contributed by atoms with Crippen LogP contribution in [0.15, 0.2) is 121 Å². The van der Waals surface area contributed by atoms with Gasteiger partial charge in [0, 0.05) is 0 Å². The standard InChI is InChI=1S/C26H24P2.2ClH.Fe/c1-5-13-23(14-6-1)27(24-15-7-2-8-16-24)21-22-28(25-17-9-3-10-18-25)26-19-11-4-12-20-26;;;/h1-20H,21-22H2;2*1H;/q;;;+2/p-2. The van der Waals surface area contributed by atoms with E-state index in [2.05, 4.69) is 121 Å². The van der Waals surface area contributed by atoms with Gasteiger partial charge in [-0.2, -0.15) is 0 Å². The first-order chi connectivity index (χ1) is 13.9. The third-order valence-electron chi connectivity index (χ3n) is 4.82. The van der Waals surface area contributed by atoms with Gasteiger partial charge in [0.25, 0.3) is 0 Å². The van der Waals surface area contributed by atoms with E-state index in [1.165, 1.54) is 33.5 Å². The van der Waals surface area contributed by atoms with Gasteiger partial charge in [0.2, 0.25) is 0 Å². The van der Waals surface area contributed by atoms with Crippen molar-refractivity contribution in [1.29, 1.82) is 0 Å². The van der Waals surface area contributed by atoms with Crippen LogP contribution < -0.4 is 46.0 Å². The molecule has 31 heavy (non-hydrogen) atoms. The van der Waals surface area contributed by atoms with Crippen molar-refractivity contribution in [1.82, 2.24) is 0 Å². The first-order valence-corrected chi connectivity index (χ1v) is 12.7. The monoisotopic (exact) mass is 524 g/mol. The van der Waals surface area contributed by atoms with Gasteiger partial charge in [0.05, 0.1) is 0 Å². The van der Waals surface area contributed by atoms with Gasteiger partial charge in [0.1, 0.15) is 0 Å². The Morgan fingerprint density at radius 1 is 0.355 bits per heavy atom. The van der Waals surface area contributed by atoms with E-state index in [4.69, 9.17) is 0 Å². The molecule has 160 valence electrons. The van der Waals surface area contributed by atoms with E-state index in [1.54, 1.807) is 0 Å². The van der Waals surface area contributed by atoms with Crippen LogP contribution in [0.25, 0.3) is 0 Å². The van der Waals surface area contributed by atoms with E-state index in [9.17, 15) is 0 Å². The molecule has 0 saturated heterocycles. The molecule has 0 aromatic heterocycles. The summed E-state index contributed by atoms with van der Waals surface area (Å²) in [5.74, 6) is 0. The Kier molecular flexibility index (Phi) is 13.3. The Morgan fingerprint density at radius 3 is 0.742 bits per heavy atom. The van der Waals surface area contributed by atoms with Gasteiger partial charge in [-0.15, -0.1) is 0 Å². The minimum atomic E-state index is -0.348. The summed E-state index contributed by atoms with van der Waals surface area (Å²) in [6.07, 6.45) is 2.41. The molecule has 0 atom stereocenters. The molecule has 0 radical (unpaired) electrons. The van der Waals surface area contributed by atoms with Gasteiger partial charge in [-0.05, 0) is 49.4 Å². The largest absolute Gasteiger partial charge is 2.00 e. The fourth-order valence-corrected chi connectivity index (χ4v) is 8.80. The molecule has 0 nitrogen and oxygen atoms in total. The van der Waals surface area contributed by atoms with Gasteiger partial charge in [0.15, 0.2) is 0 Å². The Morgan fingerprint density at radius 2 is 0.548 bits per heavy atom. The van der Waals surface area contributed by atoms with Crippen molar-refractivity contribution in [2.24, 2.45) is 0 Å². The fraction of sp³-hybridized carbons (Fsp3) is 0.0769. The van der Waals surface area contributed by atoms with E-state index in [0.29, 0.717) is 0 Å². The molecule has 4 rings (SSSR count). The predicted octanol–water partition coefficient (Wildman–Crippen LogP) is -0.742. The molecule has 0 unspecified atom stereocenters. The minimum Gasteiger partial charge on any atom is -1.00 e. The van der Waals surface area contributed by atoms with Crippen LogP contribution >= 0.6 is 15.8 Å². The summed E-state index contributed by atoms with van der Waals surface area (Å²) in [6.45, 7) is 0. The average molecular weight is 525 g/mol. The fourth-order valence-electron chi connectivity index (χ4n) is 3.45. The smallest absolute Gasteiger partial charge is 1.00 e. The van der Waals surface area contributed by atoms with Gasteiger partial charge >= 0.3 is 17.1 Å². The number of halogens is 2. The van der Waals surface area contributed by atoms with Crippen molar-refractivity contribution >= 4 is 37.1 Å². The van der Waals surface area contributed by atoms with Crippen LogP contribution in [0.2, 0.25) is 0 Å². The summed E-state index contributed by atoms with van der Waals surface area (Å²) in [4.78, 5) is 0. The molecule has 0 heterocycles. The van der Waals surface area contributed by atoms with E-state index in [1.807, 2.05) is 0 Å². The third-order valence-corrected chi connectivity index (χ3v) is 10.2. The van der Waals surface area contributed by atoms with Crippen molar-refractivity contribution in [2.75, 3.05) is 12.3 Å². The summed E-state index contributed by atoms with van der Waals surface area (Å²) >= 11 is 0. The zero-order chi connectivity index (χ0) is 19.0. The van der Waals surface area contributed by atoms with Crippen LogP contribution in [0.4, 0.5) is 0 Å². The molecule has 0 amide bonds. The first-order valence-electron chi connectivity index (χ1n) is 9.67. The molecule has 0 N–H and O–H groups in total. The van der Waals surface area contributed by atoms with Crippen molar-refractivity contribution in [3.05, 3.63) is 121 Å². The summed E-state index contributed by atoms with van der Waals surface area (Å²) < 4.78 is 0. The maximum Gasteiger partial charge on any atom is 2.00 e. The Bertz CT molecular complexity index is 809. The maximum atomic E-state index is 2.30. The average Bonchev–Trinajstić information content (AvgIpc) is 2.79. The molecule has 0 fully saturated rings. The second-order valence-electron chi connectivity index (χ2n) is 6.65. The zero-order valence-corrected chi connectivity index (χ0v) is 21.4. The summed E-state index contributed by atoms with van der Waals surface area (Å²) in [5, 5.41) is 5.89.